The molecule has 7 nitrogen and oxygen atoms in total. The van der Waals surface area contributed by atoms with Gasteiger partial charge in [0.1, 0.15) is 17.9 Å². The SMILES string of the molecule is Cc1cc(OC(=O)CN2C(=O)[C@H]3[C@@H]4C=C[C@@H]([C@H]5C[C@H]45)[C@@H]3C2=O)cc2oc(=O)ccc12. The zero-order valence-electron chi connectivity index (χ0n) is 16.2. The predicted octanol–water partition coefficient (Wildman–Crippen LogP) is 2.06. The van der Waals surface area contributed by atoms with Crippen molar-refractivity contribution in [3.63, 3.8) is 0 Å². The first kappa shape index (κ1) is 17.6. The molecule has 1 aromatic heterocycles. The summed E-state index contributed by atoms with van der Waals surface area (Å²) in [5, 5.41) is 0.741. The van der Waals surface area contributed by atoms with Crippen LogP contribution < -0.4 is 10.4 Å². The number of likely N-dealkylation sites (tertiary alicyclic amines) is 1. The Bertz CT molecular complexity index is 1190. The summed E-state index contributed by atoms with van der Waals surface area (Å²) < 4.78 is 10.6. The maximum Gasteiger partial charge on any atom is 0.336 e. The number of aryl methyl sites for hydroxylation is 1. The number of fused-ring (bicyclic) bond motifs is 1. The second-order valence-electron chi connectivity index (χ2n) is 8.80. The third-order valence-electron chi connectivity index (χ3n) is 7.19. The summed E-state index contributed by atoms with van der Waals surface area (Å²) in [7, 11) is 0. The molecule has 7 rings (SSSR count). The number of carbonyl (C=O) groups excluding carboxylic acids is 3. The molecule has 5 aliphatic rings. The molecular formula is C23H19NO6. The van der Waals surface area contributed by atoms with Crippen LogP contribution >= 0.6 is 0 Å². The Labute approximate surface area is 171 Å². The Morgan fingerprint density at radius 2 is 1.73 bits per heavy atom. The fraction of sp³-hybridized carbons (Fsp3) is 0.391. The van der Waals surface area contributed by atoms with E-state index >= 15 is 0 Å². The molecule has 1 aliphatic heterocycles. The number of ether oxygens (including phenoxy) is 1. The van der Waals surface area contributed by atoms with Crippen molar-refractivity contribution in [3.05, 3.63) is 52.4 Å². The lowest BCUT2D eigenvalue weighted by molar-refractivity contribution is -0.148. The number of hydrogen-bond donors (Lipinski definition) is 0. The quantitative estimate of drug-likeness (QED) is 0.255. The first-order valence-corrected chi connectivity index (χ1v) is 10.2. The largest absolute Gasteiger partial charge is 0.425 e. The van der Waals surface area contributed by atoms with E-state index in [1.165, 1.54) is 12.1 Å². The van der Waals surface area contributed by atoms with Gasteiger partial charge >= 0.3 is 11.6 Å². The topological polar surface area (TPSA) is 93.9 Å². The van der Waals surface area contributed by atoms with Gasteiger partial charge in [0.15, 0.2) is 0 Å². The predicted molar refractivity (Wildman–Crippen MR) is 104 cm³/mol. The summed E-state index contributed by atoms with van der Waals surface area (Å²) in [5.74, 6) is -0.402. The van der Waals surface area contributed by atoms with E-state index in [-0.39, 0.29) is 41.2 Å². The minimum atomic E-state index is -0.696. The van der Waals surface area contributed by atoms with Crippen LogP contribution in [0.3, 0.4) is 0 Å². The molecule has 0 N–H and O–H groups in total. The monoisotopic (exact) mass is 405 g/mol. The van der Waals surface area contributed by atoms with E-state index in [0.717, 1.165) is 22.3 Å². The minimum absolute atomic E-state index is 0.119. The number of amides is 2. The van der Waals surface area contributed by atoms with Crippen LogP contribution in [0.5, 0.6) is 5.75 Å². The van der Waals surface area contributed by atoms with Crippen molar-refractivity contribution in [2.24, 2.45) is 35.5 Å². The molecular weight excluding hydrogens is 386 g/mol. The van der Waals surface area contributed by atoms with Crippen LogP contribution in [0.4, 0.5) is 0 Å². The van der Waals surface area contributed by atoms with E-state index in [9.17, 15) is 19.2 Å². The van der Waals surface area contributed by atoms with Gasteiger partial charge in [-0.1, -0.05) is 12.2 Å². The van der Waals surface area contributed by atoms with Gasteiger partial charge in [0.25, 0.3) is 0 Å². The van der Waals surface area contributed by atoms with Crippen LogP contribution in [0, 0.1) is 42.4 Å². The highest BCUT2D eigenvalue weighted by atomic mass is 16.5. The number of rotatable bonds is 3. The summed E-state index contributed by atoms with van der Waals surface area (Å²) >= 11 is 0. The highest BCUT2D eigenvalue weighted by Gasteiger charge is 2.67. The van der Waals surface area contributed by atoms with E-state index in [0.29, 0.717) is 17.4 Å². The van der Waals surface area contributed by atoms with Crippen LogP contribution in [0.25, 0.3) is 11.0 Å². The first-order chi connectivity index (χ1) is 14.4. The standard InChI is InChI=1S/C23H19NO6/c1-10-6-11(7-17-12(10)4-5-18(25)30-17)29-19(26)9-24-22(27)20-13-2-3-14(16-8-15(13)16)21(20)23(24)28/h2-7,13-16,20-21H,8-9H2,1H3/t13-,14+,15-,16-,20+,21+/m1/s1. The lowest BCUT2D eigenvalue weighted by Crippen LogP contribution is -2.40. The van der Waals surface area contributed by atoms with Gasteiger partial charge in [0, 0.05) is 17.5 Å². The Balaban J connectivity index is 1.22. The number of nitrogens with zero attached hydrogens (tertiary/aromatic N) is 1. The number of imide groups is 1. The molecule has 1 saturated heterocycles. The van der Waals surface area contributed by atoms with Crippen LogP contribution in [0.2, 0.25) is 0 Å². The molecule has 2 bridgehead atoms. The highest BCUT2D eigenvalue weighted by molar-refractivity contribution is 6.08. The van der Waals surface area contributed by atoms with E-state index < -0.39 is 18.1 Å². The number of hydrogen-bond acceptors (Lipinski definition) is 6. The molecule has 3 fully saturated rings. The number of esters is 1. The van der Waals surface area contributed by atoms with Gasteiger partial charge in [-0.05, 0) is 54.7 Å². The van der Waals surface area contributed by atoms with Crippen molar-refractivity contribution in [2.45, 2.75) is 13.3 Å². The third-order valence-corrected chi connectivity index (χ3v) is 7.19. The molecule has 0 unspecified atom stereocenters. The number of benzene rings is 1. The Hall–Kier alpha value is -3.22. The van der Waals surface area contributed by atoms with E-state index in [4.69, 9.17) is 9.15 Å². The Kier molecular flexibility index (Phi) is 3.47. The second-order valence-corrected chi connectivity index (χ2v) is 8.80. The fourth-order valence-electron chi connectivity index (χ4n) is 5.85. The van der Waals surface area contributed by atoms with Crippen molar-refractivity contribution < 1.29 is 23.5 Å². The van der Waals surface area contributed by atoms with Crippen LogP contribution in [0.1, 0.15) is 12.0 Å². The zero-order chi connectivity index (χ0) is 20.7. The molecule has 152 valence electrons. The molecule has 7 heteroatoms. The summed E-state index contributed by atoms with van der Waals surface area (Å²) in [6.45, 7) is 1.40. The van der Waals surface area contributed by atoms with Crippen molar-refractivity contribution in [3.8, 4) is 5.75 Å². The normalized spacial score (nSPS) is 33.0. The molecule has 30 heavy (non-hydrogen) atoms. The average molecular weight is 405 g/mol. The first-order valence-electron chi connectivity index (χ1n) is 10.2. The van der Waals surface area contributed by atoms with Gasteiger partial charge in [-0.25, -0.2) is 9.59 Å². The zero-order valence-corrected chi connectivity index (χ0v) is 16.2. The van der Waals surface area contributed by atoms with Crippen molar-refractivity contribution in [1.29, 1.82) is 0 Å². The molecule has 2 saturated carbocycles. The van der Waals surface area contributed by atoms with Crippen LogP contribution in [-0.4, -0.2) is 29.2 Å². The minimum Gasteiger partial charge on any atom is -0.425 e. The van der Waals surface area contributed by atoms with Gasteiger partial charge in [-0.3, -0.25) is 14.5 Å². The fourth-order valence-corrected chi connectivity index (χ4v) is 5.85. The molecule has 2 heterocycles. The smallest absolute Gasteiger partial charge is 0.336 e. The lowest BCUT2D eigenvalue weighted by atomic mass is 9.63. The Morgan fingerprint density at radius 1 is 1.07 bits per heavy atom. The maximum absolute atomic E-state index is 13.0. The maximum atomic E-state index is 13.0. The number of carbonyl (C=O) groups is 3. The summed E-state index contributed by atoms with van der Waals surface area (Å²) in [6, 6.07) is 6.10. The number of allylic oxidation sites excluding steroid dienone is 2. The molecule has 1 aromatic carbocycles. The lowest BCUT2D eigenvalue weighted by Gasteiger charge is -2.37. The summed E-state index contributed by atoms with van der Waals surface area (Å²) in [4.78, 5) is 51.0. The molecule has 0 spiro atoms. The van der Waals surface area contributed by atoms with Crippen molar-refractivity contribution in [1.82, 2.24) is 4.90 Å². The van der Waals surface area contributed by atoms with Crippen molar-refractivity contribution in [2.75, 3.05) is 6.54 Å². The van der Waals surface area contributed by atoms with E-state index in [1.54, 1.807) is 12.1 Å². The molecule has 2 aromatic rings. The molecule has 6 atom stereocenters. The average Bonchev–Trinajstić information content (AvgIpc) is 3.49. The second kappa shape index (κ2) is 5.90. The molecule has 0 radical (unpaired) electrons. The van der Waals surface area contributed by atoms with Crippen molar-refractivity contribution >= 4 is 28.8 Å². The van der Waals surface area contributed by atoms with Crippen LogP contribution in [0.15, 0.2) is 45.6 Å². The molecule has 4 aliphatic carbocycles. The molecule has 2 amide bonds. The van der Waals surface area contributed by atoms with Gasteiger partial charge < -0.3 is 9.15 Å². The third kappa shape index (κ3) is 2.38. The van der Waals surface area contributed by atoms with Gasteiger partial charge in [-0.2, -0.15) is 0 Å². The summed E-state index contributed by atoms with van der Waals surface area (Å²) in [5.41, 5.74) is 0.592. The van der Waals surface area contributed by atoms with E-state index in [2.05, 4.69) is 12.2 Å². The van der Waals surface area contributed by atoms with Crippen LogP contribution in [-0.2, 0) is 14.4 Å². The summed E-state index contributed by atoms with van der Waals surface area (Å²) in [6.07, 6.45) is 5.28. The van der Waals surface area contributed by atoms with Gasteiger partial charge in [0.05, 0.1) is 11.8 Å². The van der Waals surface area contributed by atoms with Gasteiger partial charge in [0.2, 0.25) is 11.8 Å². The van der Waals surface area contributed by atoms with Gasteiger partial charge in [-0.15, -0.1) is 0 Å². The van der Waals surface area contributed by atoms with E-state index in [1.807, 2.05) is 6.92 Å². The highest BCUT2D eigenvalue weighted by Crippen LogP contribution is 2.65. The Morgan fingerprint density at radius 3 is 2.40 bits per heavy atom.